The van der Waals surface area contributed by atoms with Gasteiger partial charge in [0, 0.05) is 37.0 Å². The Labute approximate surface area is 262 Å². The number of pyridine rings is 1. The number of fused-ring (bicyclic) bond motifs is 3. The topological polar surface area (TPSA) is 115 Å². The molecule has 2 bridgehead atoms. The number of nitrogens with one attached hydrogen (secondary N) is 3. The maximum atomic E-state index is 14.5. The van der Waals surface area contributed by atoms with E-state index in [0.29, 0.717) is 42.3 Å². The first-order chi connectivity index (χ1) is 21.8. The summed E-state index contributed by atoms with van der Waals surface area (Å²) in [7, 11) is 3.53. The zero-order valence-electron chi connectivity index (χ0n) is 26.2. The molecule has 45 heavy (non-hydrogen) atoms. The third kappa shape index (κ3) is 5.45. The van der Waals surface area contributed by atoms with Crippen LogP contribution in [0.25, 0.3) is 33.6 Å². The Morgan fingerprint density at radius 3 is 2.73 bits per heavy atom. The molecule has 0 radical (unpaired) electrons. The number of benzene rings is 1. The van der Waals surface area contributed by atoms with Gasteiger partial charge >= 0.3 is 0 Å². The summed E-state index contributed by atoms with van der Waals surface area (Å²) < 4.78 is 24.5. The number of carbonyl (C=O) groups is 2. The zero-order valence-corrected chi connectivity index (χ0v) is 26.2. The van der Waals surface area contributed by atoms with Crippen LogP contribution in [0.15, 0.2) is 30.3 Å². The molecule has 10 nitrogen and oxygen atoms in total. The number of carbonyl (C=O) groups excluding carboxylic acids is 2. The third-order valence-electron chi connectivity index (χ3n) is 10.1. The van der Waals surface area contributed by atoms with Gasteiger partial charge < -0.3 is 29.8 Å². The van der Waals surface area contributed by atoms with Gasteiger partial charge in [-0.2, -0.15) is 0 Å². The molecule has 4 aromatic rings. The summed E-state index contributed by atoms with van der Waals surface area (Å²) in [4.78, 5) is 36.4. The van der Waals surface area contributed by atoms with Gasteiger partial charge in [-0.3, -0.25) is 9.59 Å². The summed E-state index contributed by atoms with van der Waals surface area (Å²) in [5.74, 6) is 1.66. The van der Waals surface area contributed by atoms with Gasteiger partial charge in [0.2, 0.25) is 5.91 Å². The van der Waals surface area contributed by atoms with Crippen molar-refractivity contribution < 1.29 is 18.7 Å². The molecular formula is C34H42FN7O3. The Hall–Kier alpha value is -3.99. The van der Waals surface area contributed by atoms with Crippen molar-refractivity contribution in [2.24, 2.45) is 18.9 Å². The van der Waals surface area contributed by atoms with E-state index in [4.69, 9.17) is 14.7 Å². The highest BCUT2D eigenvalue weighted by atomic mass is 19.1. The van der Waals surface area contributed by atoms with Crippen molar-refractivity contribution in [1.82, 2.24) is 35.1 Å². The zero-order chi connectivity index (χ0) is 31.2. The second kappa shape index (κ2) is 12.1. The van der Waals surface area contributed by atoms with Gasteiger partial charge in [0.25, 0.3) is 5.91 Å². The van der Waals surface area contributed by atoms with Gasteiger partial charge in [0.05, 0.1) is 36.1 Å². The van der Waals surface area contributed by atoms with Crippen molar-refractivity contribution >= 4 is 33.9 Å². The molecule has 11 heteroatoms. The molecular weight excluding hydrogens is 573 g/mol. The fourth-order valence-corrected chi connectivity index (χ4v) is 7.35. The van der Waals surface area contributed by atoms with Gasteiger partial charge in [-0.25, -0.2) is 14.4 Å². The molecule has 1 saturated heterocycles. The first kappa shape index (κ1) is 29.7. The number of imidazole rings is 1. The third-order valence-corrected chi connectivity index (χ3v) is 10.1. The molecule has 238 valence electrons. The smallest absolute Gasteiger partial charge is 0.251 e. The lowest BCUT2D eigenvalue weighted by Gasteiger charge is -2.36. The lowest BCUT2D eigenvalue weighted by molar-refractivity contribution is -0.131. The fourth-order valence-electron chi connectivity index (χ4n) is 7.35. The van der Waals surface area contributed by atoms with Crippen molar-refractivity contribution in [3.05, 3.63) is 41.6 Å². The van der Waals surface area contributed by atoms with Crippen LogP contribution in [0.1, 0.15) is 74.0 Å². The molecule has 1 aliphatic carbocycles. The maximum absolute atomic E-state index is 14.5. The number of nitrogens with zero attached hydrogens (tertiary/aromatic N) is 4. The number of methoxy groups -OCH3 is 1. The number of aromatic nitrogens is 4. The van der Waals surface area contributed by atoms with E-state index < -0.39 is 12.2 Å². The van der Waals surface area contributed by atoms with Crippen LogP contribution in [0.5, 0.6) is 5.75 Å². The minimum Gasteiger partial charge on any atom is -0.494 e. The molecule has 1 aromatic carbocycles. The SMILES string of the molecule is COc1cc(C(=O)N[C@H]2CNCC[C@@H]2F)cc2nc(-c3cc4ccc5nc4n3CCCCC[C@@H]3CC[C@H]3C(=O)N[C@@H]5C)n(C)c12. The molecule has 3 aromatic heterocycles. The summed E-state index contributed by atoms with van der Waals surface area (Å²) in [5, 5.41) is 10.2. The van der Waals surface area contributed by atoms with E-state index in [1.165, 1.54) is 0 Å². The van der Waals surface area contributed by atoms with Gasteiger partial charge in [0.15, 0.2) is 5.82 Å². The van der Waals surface area contributed by atoms with Crippen LogP contribution in [0.4, 0.5) is 4.39 Å². The van der Waals surface area contributed by atoms with Crippen molar-refractivity contribution in [2.45, 2.75) is 76.7 Å². The highest BCUT2D eigenvalue weighted by Crippen LogP contribution is 2.39. The lowest BCUT2D eigenvalue weighted by atomic mass is 9.70. The minimum absolute atomic E-state index is 0.126. The predicted octanol–water partition coefficient (Wildman–Crippen LogP) is 4.81. The van der Waals surface area contributed by atoms with Crippen LogP contribution < -0.4 is 20.7 Å². The molecule has 1 saturated carbocycles. The Balaban J connectivity index is 1.27. The summed E-state index contributed by atoms with van der Waals surface area (Å²) in [6.45, 7) is 3.79. The van der Waals surface area contributed by atoms with Crippen LogP contribution in [0, 0.1) is 11.8 Å². The van der Waals surface area contributed by atoms with E-state index in [2.05, 4.69) is 32.7 Å². The van der Waals surface area contributed by atoms with Crippen molar-refractivity contribution in [1.29, 1.82) is 0 Å². The van der Waals surface area contributed by atoms with Gasteiger partial charge in [0.1, 0.15) is 23.1 Å². The van der Waals surface area contributed by atoms with E-state index >= 15 is 0 Å². The molecule has 2 amide bonds. The number of hydrogen-bond donors (Lipinski definition) is 3. The van der Waals surface area contributed by atoms with Gasteiger partial charge in [-0.1, -0.05) is 12.8 Å². The van der Waals surface area contributed by atoms with Gasteiger partial charge in [-0.15, -0.1) is 0 Å². The standard InChI is InChI=1S/C34H42FN7O3/c1-19-25-11-9-21-16-28(42(31(21)38-25)14-6-4-5-7-20-8-10-23(20)34(44)37-19)32-39-26-15-22(17-29(45-3)30(26)41(32)2)33(43)40-27-18-36-13-12-24(27)35/h9,11,15-17,19-20,23-24,27,36H,4-8,10,12-14,18H2,1-3H3,(H,37,44)(H,40,43)/t19-,20-,23-,24+,27+/m1/s1. The predicted molar refractivity (Wildman–Crippen MR) is 171 cm³/mol. The normalized spacial score (nSPS) is 25.8. The second-order valence-electron chi connectivity index (χ2n) is 13.0. The van der Waals surface area contributed by atoms with Crippen LogP contribution in [-0.2, 0) is 18.4 Å². The van der Waals surface area contributed by atoms with E-state index in [-0.39, 0.29) is 23.8 Å². The molecule has 3 aliphatic rings. The van der Waals surface area contributed by atoms with Crippen LogP contribution >= 0.6 is 0 Å². The number of aryl methyl sites for hydroxylation is 2. The maximum Gasteiger partial charge on any atom is 0.251 e. The summed E-state index contributed by atoms with van der Waals surface area (Å²) in [6, 6.07) is 8.86. The number of piperidine rings is 1. The molecule has 5 atom stereocenters. The number of amides is 2. The fraction of sp³-hybridized carbons (Fsp3) is 0.529. The monoisotopic (exact) mass is 615 g/mol. The second-order valence-corrected chi connectivity index (χ2v) is 13.0. The number of halogens is 1. The Kier molecular flexibility index (Phi) is 7.97. The van der Waals surface area contributed by atoms with E-state index in [9.17, 15) is 14.0 Å². The van der Waals surface area contributed by atoms with Crippen molar-refractivity contribution in [3.8, 4) is 17.3 Å². The molecule has 7 rings (SSSR count). The summed E-state index contributed by atoms with van der Waals surface area (Å²) in [5.41, 5.74) is 4.39. The average Bonchev–Trinajstić information content (AvgIpc) is 3.54. The molecule has 0 unspecified atom stereocenters. The van der Waals surface area contributed by atoms with E-state index in [0.717, 1.165) is 78.8 Å². The van der Waals surface area contributed by atoms with Crippen LogP contribution in [0.3, 0.4) is 0 Å². The Morgan fingerprint density at radius 1 is 1.09 bits per heavy atom. The highest BCUT2D eigenvalue weighted by Gasteiger charge is 2.36. The lowest BCUT2D eigenvalue weighted by Crippen LogP contribution is -2.52. The largest absolute Gasteiger partial charge is 0.494 e. The van der Waals surface area contributed by atoms with Crippen LogP contribution in [0.2, 0.25) is 0 Å². The molecule has 2 aliphatic heterocycles. The van der Waals surface area contributed by atoms with E-state index in [1.807, 2.05) is 24.6 Å². The Bertz CT molecular complexity index is 1760. The first-order valence-electron chi connectivity index (χ1n) is 16.3. The minimum atomic E-state index is -1.09. The average molecular weight is 616 g/mol. The number of ether oxygens (including phenoxy) is 1. The van der Waals surface area contributed by atoms with Crippen molar-refractivity contribution in [2.75, 3.05) is 20.2 Å². The Morgan fingerprint density at radius 2 is 1.96 bits per heavy atom. The molecule has 5 heterocycles. The quantitative estimate of drug-likeness (QED) is 0.304. The number of hydrogen-bond acceptors (Lipinski definition) is 6. The van der Waals surface area contributed by atoms with Gasteiger partial charge in [-0.05, 0) is 81.8 Å². The molecule has 0 spiro atoms. The molecule has 3 N–H and O–H groups in total. The highest BCUT2D eigenvalue weighted by molar-refractivity contribution is 6.00. The van der Waals surface area contributed by atoms with Crippen LogP contribution in [-0.4, -0.2) is 63.3 Å². The number of rotatable bonds is 4. The number of alkyl halides is 1. The van der Waals surface area contributed by atoms with E-state index in [1.54, 1.807) is 19.2 Å². The van der Waals surface area contributed by atoms with Crippen molar-refractivity contribution in [3.63, 3.8) is 0 Å². The summed E-state index contributed by atoms with van der Waals surface area (Å²) >= 11 is 0. The molecule has 2 fully saturated rings. The summed E-state index contributed by atoms with van der Waals surface area (Å²) in [6.07, 6.45) is 5.66. The first-order valence-corrected chi connectivity index (χ1v) is 16.3.